The van der Waals surface area contributed by atoms with Gasteiger partial charge in [-0.3, -0.25) is 0 Å². The molecule has 0 aliphatic heterocycles. The molecule has 0 aliphatic carbocycles. The molecule has 0 bridgehead atoms. The summed E-state index contributed by atoms with van der Waals surface area (Å²) in [6, 6.07) is 0. The van der Waals surface area contributed by atoms with E-state index in [-0.39, 0.29) is 0 Å². The molecule has 0 aliphatic rings. The van der Waals surface area contributed by atoms with Crippen LogP contribution in [0.15, 0.2) is 0 Å². The Bertz CT molecular complexity index is 104. The highest BCUT2D eigenvalue weighted by Gasteiger charge is 1.98. The normalized spacial score (nSPS) is 13.2. The van der Waals surface area contributed by atoms with E-state index in [0.717, 1.165) is 38.5 Å². The van der Waals surface area contributed by atoms with Gasteiger partial charge in [0.2, 0.25) is 0 Å². The van der Waals surface area contributed by atoms with E-state index in [0.29, 0.717) is 5.25 Å². The molecule has 4 heteroatoms. The lowest BCUT2D eigenvalue weighted by Gasteiger charge is -2.08. The summed E-state index contributed by atoms with van der Waals surface area (Å²) in [6.45, 7) is 5.28. The Labute approximate surface area is 85.3 Å². The zero-order chi connectivity index (χ0) is 9.94. The molecule has 0 rings (SSSR count). The summed E-state index contributed by atoms with van der Waals surface area (Å²) in [6.07, 6.45) is 0.980. The smallest absolute Gasteiger partial charge is 0.0556 e. The van der Waals surface area contributed by atoms with E-state index in [4.69, 9.17) is 15.2 Å². The van der Waals surface area contributed by atoms with Crippen molar-refractivity contribution in [3.63, 3.8) is 0 Å². The number of nitrogens with two attached hydrogens (primary N) is 1. The van der Waals surface area contributed by atoms with E-state index in [9.17, 15) is 0 Å². The van der Waals surface area contributed by atoms with Crippen molar-refractivity contribution in [1.82, 2.24) is 0 Å². The largest absolute Gasteiger partial charge is 0.385 e. The van der Waals surface area contributed by atoms with Crippen LogP contribution in [0.1, 0.15) is 13.3 Å². The minimum absolute atomic E-state index is 0.544. The number of hydrogen-bond donors (Lipinski definition) is 1. The van der Waals surface area contributed by atoms with Crippen LogP contribution >= 0.6 is 11.8 Å². The molecule has 13 heavy (non-hydrogen) atoms. The molecule has 0 aromatic rings. The minimum atomic E-state index is 0.544. The van der Waals surface area contributed by atoms with Crippen molar-refractivity contribution in [1.29, 1.82) is 0 Å². The molecule has 0 aromatic carbocycles. The van der Waals surface area contributed by atoms with Crippen molar-refractivity contribution < 1.29 is 9.47 Å². The molecule has 0 saturated heterocycles. The Morgan fingerprint density at radius 2 is 2.08 bits per heavy atom. The van der Waals surface area contributed by atoms with Crippen LogP contribution in [0.4, 0.5) is 0 Å². The molecule has 80 valence electrons. The second-order valence-corrected chi connectivity index (χ2v) is 4.42. The van der Waals surface area contributed by atoms with Gasteiger partial charge in [0.1, 0.15) is 0 Å². The van der Waals surface area contributed by atoms with E-state index in [2.05, 4.69) is 6.92 Å². The van der Waals surface area contributed by atoms with Crippen LogP contribution in [0.5, 0.6) is 0 Å². The van der Waals surface area contributed by atoms with Crippen molar-refractivity contribution in [3.05, 3.63) is 0 Å². The van der Waals surface area contributed by atoms with E-state index in [1.165, 1.54) is 0 Å². The highest BCUT2D eigenvalue weighted by atomic mass is 32.2. The number of hydrogen-bond acceptors (Lipinski definition) is 4. The zero-order valence-corrected chi connectivity index (χ0v) is 9.44. The van der Waals surface area contributed by atoms with Crippen LogP contribution < -0.4 is 5.73 Å². The molecule has 0 spiro atoms. The van der Waals surface area contributed by atoms with Gasteiger partial charge in [0.25, 0.3) is 0 Å². The Morgan fingerprint density at radius 3 is 2.69 bits per heavy atom. The third-order valence-electron chi connectivity index (χ3n) is 1.60. The number of methoxy groups -OCH3 is 1. The second-order valence-electron chi connectivity index (χ2n) is 2.88. The number of thioether (sulfide) groups is 1. The third kappa shape index (κ3) is 10.1. The Hall–Kier alpha value is 0.230. The highest BCUT2D eigenvalue weighted by Crippen LogP contribution is 2.07. The molecule has 0 heterocycles. The topological polar surface area (TPSA) is 44.5 Å². The monoisotopic (exact) mass is 207 g/mol. The van der Waals surface area contributed by atoms with E-state index < -0.39 is 0 Å². The molecular formula is C9H21NO2S. The van der Waals surface area contributed by atoms with Crippen LogP contribution in [-0.2, 0) is 9.47 Å². The lowest BCUT2D eigenvalue weighted by atomic mass is 10.5. The van der Waals surface area contributed by atoms with Crippen LogP contribution in [0.2, 0.25) is 0 Å². The van der Waals surface area contributed by atoms with E-state index >= 15 is 0 Å². The quantitative estimate of drug-likeness (QED) is 0.575. The first kappa shape index (κ1) is 13.2. The van der Waals surface area contributed by atoms with Gasteiger partial charge in [0.05, 0.1) is 6.61 Å². The zero-order valence-electron chi connectivity index (χ0n) is 8.62. The minimum Gasteiger partial charge on any atom is -0.385 e. The molecule has 1 atom stereocenters. The van der Waals surface area contributed by atoms with Crippen LogP contribution in [0.3, 0.4) is 0 Å². The summed E-state index contributed by atoms with van der Waals surface area (Å²) in [5.74, 6) is 1.03. The Balaban J connectivity index is 2.91. The van der Waals surface area contributed by atoms with Crippen molar-refractivity contribution >= 4 is 11.8 Å². The second kappa shape index (κ2) is 10.3. The fourth-order valence-corrected chi connectivity index (χ4v) is 1.54. The number of ether oxygens (including phenoxy) is 2. The Morgan fingerprint density at radius 1 is 1.31 bits per heavy atom. The molecule has 0 amide bonds. The summed E-state index contributed by atoms with van der Waals surface area (Å²) < 4.78 is 10.3. The average molecular weight is 207 g/mol. The predicted octanol–water partition coefficient (Wildman–Crippen LogP) is 1.12. The van der Waals surface area contributed by atoms with Gasteiger partial charge in [-0.1, -0.05) is 6.92 Å². The first-order valence-electron chi connectivity index (χ1n) is 4.69. The standard InChI is InChI=1S/C9H21NO2S/c1-9(8-10)13-7-6-12-5-3-4-11-2/h9H,3-8,10H2,1-2H3. The van der Waals surface area contributed by atoms with Gasteiger partial charge in [-0.2, -0.15) is 11.8 Å². The Kier molecular flexibility index (Phi) is 10.5. The van der Waals surface area contributed by atoms with Gasteiger partial charge in [-0.25, -0.2) is 0 Å². The maximum absolute atomic E-state index is 5.47. The maximum atomic E-state index is 5.47. The maximum Gasteiger partial charge on any atom is 0.0556 e. The molecule has 0 fully saturated rings. The summed E-state index contributed by atoms with van der Waals surface area (Å²) in [4.78, 5) is 0. The molecule has 2 N–H and O–H groups in total. The third-order valence-corrected chi connectivity index (χ3v) is 2.76. The molecule has 0 radical (unpaired) electrons. The fraction of sp³-hybridized carbons (Fsp3) is 1.00. The summed E-state index contributed by atoms with van der Waals surface area (Å²) >= 11 is 1.86. The van der Waals surface area contributed by atoms with Gasteiger partial charge in [0.15, 0.2) is 0 Å². The average Bonchev–Trinajstić information content (AvgIpc) is 2.16. The van der Waals surface area contributed by atoms with E-state index in [1.807, 2.05) is 11.8 Å². The van der Waals surface area contributed by atoms with Crippen molar-refractivity contribution in [3.8, 4) is 0 Å². The fourth-order valence-electron chi connectivity index (χ4n) is 0.784. The molecule has 0 saturated carbocycles. The summed E-state index contributed by atoms with van der Waals surface area (Å²) in [5.41, 5.74) is 5.47. The van der Waals surface area contributed by atoms with Gasteiger partial charge < -0.3 is 15.2 Å². The lowest BCUT2D eigenvalue weighted by molar-refractivity contribution is 0.113. The molecular weight excluding hydrogens is 186 g/mol. The summed E-state index contributed by atoms with van der Waals surface area (Å²) in [5, 5.41) is 0.544. The lowest BCUT2D eigenvalue weighted by Crippen LogP contribution is -2.14. The van der Waals surface area contributed by atoms with Crippen molar-refractivity contribution in [2.24, 2.45) is 5.73 Å². The predicted molar refractivity (Wildman–Crippen MR) is 58.3 cm³/mol. The molecule has 3 nitrogen and oxygen atoms in total. The van der Waals surface area contributed by atoms with Gasteiger partial charge in [-0.15, -0.1) is 0 Å². The summed E-state index contributed by atoms with van der Waals surface area (Å²) in [7, 11) is 1.71. The first-order valence-corrected chi connectivity index (χ1v) is 5.74. The number of rotatable bonds is 9. The van der Waals surface area contributed by atoms with Crippen LogP contribution in [0.25, 0.3) is 0 Å². The van der Waals surface area contributed by atoms with Gasteiger partial charge in [0, 0.05) is 37.9 Å². The van der Waals surface area contributed by atoms with Crippen LogP contribution in [-0.4, -0.2) is 44.5 Å². The molecule has 1 unspecified atom stereocenters. The SMILES string of the molecule is COCCCOCCSC(C)CN. The van der Waals surface area contributed by atoms with Crippen LogP contribution in [0, 0.1) is 0 Å². The highest BCUT2D eigenvalue weighted by molar-refractivity contribution is 7.99. The molecule has 0 aromatic heterocycles. The van der Waals surface area contributed by atoms with Gasteiger partial charge in [-0.05, 0) is 6.42 Å². The van der Waals surface area contributed by atoms with E-state index in [1.54, 1.807) is 7.11 Å². The first-order chi connectivity index (χ1) is 6.31. The van der Waals surface area contributed by atoms with Crippen molar-refractivity contribution in [2.75, 3.05) is 39.2 Å². The van der Waals surface area contributed by atoms with Crippen molar-refractivity contribution in [2.45, 2.75) is 18.6 Å². The van der Waals surface area contributed by atoms with Gasteiger partial charge >= 0.3 is 0 Å².